The minimum atomic E-state index is 0.0551. The summed E-state index contributed by atoms with van der Waals surface area (Å²) in [7, 11) is 0. The molecule has 1 N–H and O–H groups in total. The van der Waals surface area contributed by atoms with Crippen LogP contribution < -0.4 is 5.32 Å². The fourth-order valence-electron chi connectivity index (χ4n) is 1.55. The molecule has 3 heteroatoms. The molecule has 0 bridgehead atoms. The first-order chi connectivity index (χ1) is 7.79. The van der Waals surface area contributed by atoms with E-state index in [1.165, 1.54) is 0 Å². The molecular weight excluding hydrogens is 200 g/mol. The summed E-state index contributed by atoms with van der Waals surface area (Å²) in [5, 5.41) is 3.22. The van der Waals surface area contributed by atoms with E-state index in [9.17, 15) is 4.79 Å². The fourth-order valence-corrected chi connectivity index (χ4v) is 1.55. The molecule has 86 valence electrons. The largest absolute Gasteiger partial charge is 0.336 e. The minimum absolute atomic E-state index is 0.0551. The molecule has 0 aliphatic carbocycles. The molecule has 1 fully saturated rings. The van der Waals surface area contributed by atoms with E-state index in [2.05, 4.69) is 18.5 Å². The van der Waals surface area contributed by atoms with Crippen molar-refractivity contribution in [1.82, 2.24) is 10.2 Å². The Kier molecular flexibility index (Phi) is 5.29. The highest BCUT2D eigenvalue weighted by Crippen LogP contribution is 2.06. The number of piperazine rings is 1. The van der Waals surface area contributed by atoms with E-state index in [-0.39, 0.29) is 5.91 Å². The fraction of sp³-hybridized carbons (Fsp3) is 0.308. The molecule has 3 nitrogen and oxygen atoms in total. The maximum absolute atomic E-state index is 12.1. The van der Waals surface area contributed by atoms with Gasteiger partial charge in [0.25, 0.3) is 5.91 Å². The Morgan fingerprint density at radius 1 is 1.19 bits per heavy atom. The average Bonchev–Trinajstić information content (AvgIpc) is 2.35. The summed E-state index contributed by atoms with van der Waals surface area (Å²) in [5.74, 6) is 0.0551. The molecule has 0 unspecified atom stereocenters. The predicted octanol–water partition coefficient (Wildman–Crippen LogP) is 1.27. The Morgan fingerprint density at radius 2 is 1.88 bits per heavy atom. The number of nitrogens with one attached hydrogen (secondary N) is 1. The summed E-state index contributed by atoms with van der Waals surface area (Å²) >= 11 is 0. The SMILES string of the molecule is C=C/C=C\C(=C/C=C)C(=O)N1CCNCC1. The molecule has 0 aromatic carbocycles. The van der Waals surface area contributed by atoms with Gasteiger partial charge in [0, 0.05) is 31.8 Å². The van der Waals surface area contributed by atoms with Gasteiger partial charge in [-0.15, -0.1) is 0 Å². The number of nitrogens with zero attached hydrogens (tertiary/aromatic N) is 1. The van der Waals surface area contributed by atoms with Gasteiger partial charge >= 0.3 is 0 Å². The minimum Gasteiger partial charge on any atom is -0.336 e. The van der Waals surface area contributed by atoms with Crippen LogP contribution in [0.25, 0.3) is 0 Å². The summed E-state index contributed by atoms with van der Waals surface area (Å²) in [6, 6.07) is 0. The van der Waals surface area contributed by atoms with Crippen molar-refractivity contribution in [2.45, 2.75) is 0 Å². The smallest absolute Gasteiger partial charge is 0.253 e. The zero-order valence-corrected chi connectivity index (χ0v) is 9.48. The highest BCUT2D eigenvalue weighted by Gasteiger charge is 2.17. The van der Waals surface area contributed by atoms with Gasteiger partial charge in [-0.2, -0.15) is 0 Å². The highest BCUT2D eigenvalue weighted by atomic mass is 16.2. The zero-order chi connectivity index (χ0) is 11.8. The van der Waals surface area contributed by atoms with Crippen LogP contribution in [0.15, 0.2) is 49.1 Å². The van der Waals surface area contributed by atoms with E-state index < -0.39 is 0 Å². The van der Waals surface area contributed by atoms with Crippen molar-refractivity contribution in [3.63, 3.8) is 0 Å². The Hall–Kier alpha value is -1.61. The van der Waals surface area contributed by atoms with E-state index in [4.69, 9.17) is 0 Å². The second-order valence-corrected chi connectivity index (χ2v) is 3.49. The number of rotatable bonds is 4. The summed E-state index contributed by atoms with van der Waals surface area (Å²) in [4.78, 5) is 13.9. The summed E-state index contributed by atoms with van der Waals surface area (Å²) in [5.41, 5.74) is 0.650. The molecule has 0 atom stereocenters. The third-order valence-electron chi connectivity index (χ3n) is 2.36. The zero-order valence-electron chi connectivity index (χ0n) is 9.48. The van der Waals surface area contributed by atoms with Crippen LogP contribution in [-0.4, -0.2) is 37.0 Å². The van der Waals surface area contributed by atoms with E-state index in [1.54, 1.807) is 30.4 Å². The van der Waals surface area contributed by atoms with Crippen LogP contribution in [0.5, 0.6) is 0 Å². The molecule has 1 aliphatic rings. The lowest BCUT2D eigenvalue weighted by Gasteiger charge is -2.27. The predicted molar refractivity (Wildman–Crippen MR) is 67.1 cm³/mol. The Labute approximate surface area is 96.8 Å². The van der Waals surface area contributed by atoms with Gasteiger partial charge in [0.2, 0.25) is 0 Å². The van der Waals surface area contributed by atoms with Crippen LogP contribution in [0.2, 0.25) is 0 Å². The number of hydrogen-bond acceptors (Lipinski definition) is 2. The van der Waals surface area contributed by atoms with Gasteiger partial charge in [-0.3, -0.25) is 4.79 Å². The summed E-state index contributed by atoms with van der Waals surface area (Å²) in [6.45, 7) is 10.4. The van der Waals surface area contributed by atoms with Crippen LogP contribution in [0, 0.1) is 0 Å². The van der Waals surface area contributed by atoms with Crippen LogP contribution in [0.1, 0.15) is 0 Å². The lowest BCUT2D eigenvalue weighted by Crippen LogP contribution is -2.46. The van der Waals surface area contributed by atoms with Crippen LogP contribution in [0.4, 0.5) is 0 Å². The van der Waals surface area contributed by atoms with Gasteiger partial charge in [0.15, 0.2) is 0 Å². The molecule has 0 spiro atoms. The molecule has 16 heavy (non-hydrogen) atoms. The number of hydrogen-bond donors (Lipinski definition) is 1. The van der Waals surface area contributed by atoms with Crippen molar-refractivity contribution in [1.29, 1.82) is 0 Å². The molecule has 0 aromatic rings. The molecule has 1 saturated heterocycles. The van der Waals surface area contributed by atoms with Crippen molar-refractivity contribution >= 4 is 5.91 Å². The molecule has 1 amide bonds. The van der Waals surface area contributed by atoms with Gasteiger partial charge in [-0.25, -0.2) is 0 Å². The first kappa shape index (κ1) is 12.5. The number of carbonyl (C=O) groups is 1. The first-order valence-corrected chi connectivity index (χ1v) is 5.41. The molecule has 0 saturated carbocycles. The van der Waals surface area contributed by atoms with Crippen LogP contribution in [-0.2, 0) is 4.79 Å². The second-order valence-electron chi connectivity index (χ2n) is 3.49. The maximum Gasteiger partial charge on any atom is 0.253 e. The third kappa shape index (κ3) is 3.51. The van der Waals surface area contributed by atoms with E-state index in [1.807, 2.05) is 4.90 Å². The monoisotopic (exact) mass is 218 g/mol. The normalized spacial score (nSPS) is 17.5. The van der Waals surface area contributed by atoms with E-state index >= 15 is 0 Å². The summed E-state index contributed by atoms with van der Waals surface area (Å²) < 4.78 is 0. The van der Waals surface area contributed by atoms with E-state index in [0.29, 0.717) is 5.57 Å². The van der Waals surface area contributed by atoms with Crippen molar-refractivity contribution in [3.05, 3.63) is 49.1 Å². The lowest BCUT2D eigenvalue weighted by atomic mass is 10.1. The molecule has 1 aliphatic heterocycles. The van der Waals surface area contributed by atoms with Crippen molar-refractivity contribution in [2.75, 3.05) is 26.2 Å². The number of amides is 1. The van der Waals surface area contributed by atoms with Gasteiger partial charge in [-0.1, -0.05) is 37.5 Å². The van der Waals surface area contributed by atoms with Crippen molar-refractivity contribution < 1.29 is 4.79 Å². The van der Waals surface area contributed by atoms with Gasteiger partial charge in [-0.05, 0) is 6.08 Å². The molecule has 0 aromatic heterocycles. The molecule has 1 rings (SSSR count). The van der Waals surface area contributed by atoms with Crippen LogP contribution >= 0.6 is 0 Å². The highest BCUT2D eigenvalue weighted by molar-refractivity contribution is 5.96. The second kappa shape index (κ2) is 6.80. The Balaban J connectivity index is 2.73. The van der Waals surface area contributed by atoms with Gasteiger partial charge in [0.05, 0.1) is 0 Å². The van der Waals surface area contributed by atoms with Crippen LogP contribution in [0.3, 0.4) is 0 Å². The lowest BCUT2D eigenvalue weighted by molar-refractivity contribution is -0.127. The number of allylic oxidation sites excluding steroid dienone is 4. The quantitative estimate of drug-likeness (QED) is 0.569. The number of carbonyl (C=O) groups excluding carboxylic acids is 1. The van der Waals surface area contributed by atoms with E-state index in [0.717, 1.165) is 26.2 Å². The molecule has 1 heterocycles. The topological polar surface area (TPSA) is 32.3 Å². The first-order valence-electron chi connectivity index (χ1n) is 5.41. The average molecular weight is 218 g/mol. The molecular formula is C13H18N2O. The molecule has 0 radical (unpaired) electrons. The third-order valence-corrected chi connectivity index (χ3v) is 2.36. The Morgan fingerprint density at radius 3 is 2.44 bits per heavy atom. The van der Waals surface area contributed by atoms with Crippen molar-refractivity contribution in [2.24, 2.45) is 0 Å². The van der Waals surface area contributed by atoms with Gasteiger partial charge < -0.3 is 10.2 Å². The maximum atomic E-state index is 12.1. The summed E-state index contributed by atoms with van der Waals surface area (Å²) in [6.07, 6.45) is 8.53. The Bertz CT molecular complexity index is 323. The standard InChI is InChI=1S/C13H18N2O/c1-3-5-7-12(6-4-2)13(16)15-10-8-14-9-11-15/h3-7,14H,1-2,8-11H2/b7-5-,12-6+. The van der Waals surface area contributed by atoms with Gasteiger partial charge in [0.1, 0.15) is 0 Å². The van der Waals surface area contributed by atoms with Crippen molar-refractivity contribution in [3.8, 4) is 0 Å².